The second-order valence-corrected chi connectivity index (χ2v) is 7.31. The summed E-state index contributed by atoms with van der Waals surface area (Å²) in [6, 6.07) is 8.83. The largest absolute Gasteiger partial charge is 0.401 e. The monoisotopic (exact) mass is 393 g/mol. The van der Waals surface area contributed by atoms with E-state index in [1.165, 1.54) is 4.90 Å². The van der Waals surface area contributed by atoms with Crippen molar-refractivity contribution in [2.45, 2.75) is 37.9 Å². The van der Waals surface area contributed by atoms with E-state index in [-0.39, 0.29) is 12.6 Å². The summed E-state index contributed by atoms with van der Waals surface area (Å²) < 4.78 is 39.3. The quantitative estimate of drug-likeness (QED) is 0.839. The number of nitrogens with one attached hydrogen (secondary N) is 2. The predicted octanol–water partition coefficient (Wildman–Crippen LogP) is 3.12. The van der Waals surface area contributed by atoms with Gasteiger partial charge in [-0.05, 0) is 37.8 Å². The molecule has 1 aliphatic heterocycles. The van der Waals surface area contributed by atoms with Gasteiger partial charge in [-0.25, -0.2) is 9.48 Å². The van der Waals surface area contributed by atoms with Crippen LogP contribution < -0.4 is 10.6 Å². The highest BCUT2D eigenvalue weighted by atomic mass is 19.4. The predicted molar refractivity (Wildman–Crippen MR) is 98.6 cm³/mol. The summed E-state index contributed by atoms with van der Waals surface area (Å²) in [5, 5.41) is 10.3. The first-order chi connectivity index (χ1) is 13.4. The number of benzene rings is 1. The first-order valence-electron chi connectivity index (χ1n) is 9.42. The third-order valence-corrected chi connectivity index (χ3v) is 5.15. The Balaban J connectivity index is 1.44. The van der Waals surface area contributed by atoms with Crippen molar-refractivity contribution in [3.05, 3.63) is 41.6 Å². The molecule has 28 heavy (non-hydrogen) atoms. The molecule has 2 amide bonds. The lowest BCUT2D eigenvalue weighted by molar-refractivity contribution is -0.143. The van der Waals surface area contributed by atoms with E-state index in [2.05, 4.69) is 15.7 Å². The Hall–Kier alpha value is -2.55. The lowest BCUT2D eigenvalue weighted by Crippen LogP contribution is -2.41. The molecule has 6 nitrogen and oxygen atoms in total. The number of likely N-dealkylation sites (tertiary alicyclic amines) is 1. The molecule has 2 aliphatic rings. The Morgan fingerprint density at radius 2 is 2.00 bits per heavy atom. The van der Waals surface area contributed by atoms with E-state index >= 15 is 0 Å². The number of rotatable bonds is 4. The van der Waals surface area contributed by atoms with Crippen molar-refractivity contribution in [3.8, 4) is 5.69 Å². The molecule has 4 rings (SSSR count). The van der Waals surface area contributed by atoms with Crippen LogP contribution in [0.4, 0.5) is 23.8 Å². The van der Waals surface area contributed by atoms with Gasteiger partial charge >= 0.3 is 12.2 Å². The summed E-state index contributed by atoms with van der Waals surface area (Å²) in [6.45, 7) is -0.425. The van der Waals surface area contributed by atoms with E-state index in [0.29, 0.717) is 18.8 Å². The summed E-state index contributed by atoms with van der Waals surface area (Å²) in [4.78, 5) is 13.9. The number of urea groups is 1. The van der Waals surface area contributed by atoms with Gasteiger partial charge in [-0.3, -0.25) is 10.2 Å². The lowest BCUT2D eigenvalue weighted by atomic mass is 10.2. The minimum atomic E-state index is -4.22. The molecule has 9 heteroatoms. The van der Waals surface area contributed by atoms with Crippen LogP contribution in [0.1, 0.15) is 24.1 Å². The highest BCUT2D eigenvalue weighted by molar-refractivity contribution is 5.90. The number of nitrogens with zero attached hydrogens (tertiary/aromatic N) is 3. The van der Waals surface area contributed by atoms with Crippen LogP contribution >= 0.6 is 0 Å². The number of amides is 2. The molecule has 1 unspecified atom stereocenters. The van der Waals surface area contributed by atoms with Crippen LogP contribution in [0.2, 0.25) is 0 Å². The maximum Gasteiger partial charge on any atom is 0.401 e. The maximum absolute atomic E-state index is 12.5. The van der Waals surface area contributed by atoms with Crippen molar-refractivity contribution in [3.63, 3.8) is 0 Å². The van der Waals surface area contributed by atoms with Crippen molar-refractivity contribution in [2.24, 2.45) is 0 Å². The molecule has 1 aliphatic carbocycles. The van der Waals surface area contributed by atoms with Gasteiger partial charge in [-0.2, -0.15) is 18.3 Å². The van der Waals surface area contributed by atoms with E-state index in [0.717, 1.165) is 36.2 Å². The second-order valence-electron chi connectivity index (χ2n) is 7.31. The van der Waals surface area contributed by atoms with Crippen LogP contribution in [-0.4, -0.2) is 52.6 Å². The van der Waals surface area contributed by atoms with Crippen LogP contribution in [0.15, 0.2) is 30.3 Å². The Morgan fingerprint density at radius 1 is 1.21 bits per heavy atom. The van der Waals surface area contributed by atoms with Crippen molar-refractivity contribution >= 4 is 11.8 Å². The number of carbonyl (C=O) groups is 1. The molecule has 1 aromatic heterocycles. The summed E-state index contributed by atoms with van der Waals surface area (Å²) in [7, 11) is 0. The molecule has 0 spiro atoms. The number of carbonyl (C=O) groups excluding carboxylic acids is 1. The highest BCUT2D eigenvalue weighted by Crippen LogP contribution is 2.31. The fraction of sp³-hybridized carbons (Fsp3) is 0.474. The summed E-state index contributed by atoms with van der Waals surface area (Å²) in [5.74, 6) is 0.640. The van der Waals surface area contributed by atoms with Crippen molar-refractivity contribution < 1.29 is 18.0 Å². The fourth-order valence-corrected chi connectivity index (χ4v) is 3.95. The number of alkyl halides is 3. The average Bonchev–Trinajstić information content (AvgIpc) is 3.32. The number of halogens is 3. The molecule has 1 atom stereocenters. The minimum absolute atomic E-state index is 0.197. The molecule has 1 fully saturated rings. The molecule has 1 aromatic carbocycles. The van der Waals surface area contributed by atoms with Crippen molar-refractivity contribution in [2.75, 3.05) is 25.0 Å². The fourth-order valence-electron chi connectivity index (χ4n) is 3.95. The van der Waals surface area contributed by atoms with Gasteiger partial charge < -0.3 is 5.32 Å². The van der Waals surface area contributed by atoms with E-state index < -0.39 is 18.8 Å². The second kappa shape index (κ2) is 7.46. The van der Waals surface area contributed by atoms with Crippen molar-refractivity contribution in [1.82, 2.24) is 20.0 Å². The average molecular weight is 393 g/mol. The normalized spacial score (nSPS) is 19.6. The minimum Gasteiger partial charge on any atom is -0.334 e. The Kier molecular flexibility index (Phi) is 5.01. The Bertz CT molecular complexity index is 849. The van der Waals surface area contributed by atoms with Gasteiger partial charge in [0.2, 0.25) is 0 Å². The number of hydrogen-bond acceptors (Lipinski definition) is 3. The van der Waals surface area contributed by atoms with Gasteiger partial charge in [0.15, 0.2) is 0 Å². The zero-order valence-corrected chi connectivity index (χ0v) is 15.3. The van der Waals surface area contributed by atoms with Gasteiger partial charge in [-0.15, -0.1) is 0 Å². The zero-order valence-electron chi connectivity index (χ0n) is 15.3. The SMILES string of the molecule is O=C(Nc1c2c(nn1-c1ccccc1)CCC2)NC1CCN(CC(F)(F)F)C1. The number of anilines is 1. The first kappa shape index (κ1) is 18.8. The summed E-state index contributed by atoms with van der Waals surface area (Å²) in [5.41, 5.74) is 2.87. The Morgan fingerprint density at radius 3 is 2.75 bits per heavy atom. The number of hydrogen-bond donors (Lipinski definition) is 2. The topological polar surface area (TPSA) is 62.2 Å². The summed E-state index contributed by atoms with van der Waals surface area (Å²) in [6.07, 6.45) is -1.00. The number of aryl methyl sites for hydroxylation is 1. The standard InChI is InChI=1S/C19H22F3N5O/c20-19(21,22)12-26-10-9-13(11-26)23-18(28)24-17-15-7-4-8-16(15)25-27(17)14-5-2-1-3-6-14/h1-3,5-6,13H,4,7-12H2,(H2,23,24,28). The number of fused-ring (bicyclic) bond motifs is 1. The molecular weight excluding hydrogens is 371 g/mol. The smallest absolute Gasteiger partial charge is 0.334 e. The van der Waals surface area contributed by atoms with E-state index in [4.69, 9.17) is 0 Å². The van der Waals surface area contributed by atoms with Gasteiger partial charge in [0.1, 0.15) is 5.82 Å². The molecule has 2 N–H and O–H groups in total. The van der Waals surface area contributed by atoms with Gasteiger partial charge in [0.25, 0.3) is 0 Å². The zero-order chi connectivity index (χ0) is 19.7. The molecule has 0 radical (unpaired) electrons. The molecule has 2 heterocycles. The van der Waals surface area contributed by atoms with E-state index in [1.807, 2.05) is 30.3 Å². The van der Waals surface area contributed by atoms with Gasteiger partial charge in [0.05, 0.1) is 17.9 Å². The van der Waals surface area contributed by atoms with Crippen LogP contribution in [-0.2, 0) is 12.8 Å². The third kappa shape index (κ3) is 4.14. The number of aromatic nitrogens is 2. The maximum atomic E-state index is 12.5. The van der Waals surface area contributed by atoms with Gasteiger partial charge in [0, 0.05) is 24.7 Å². The third-order valence-electron chi connectivity index (χ3n) is 5.15. The van der Waals surface area contributed by atoms with E-state index in [1.54, 1.807) is 4.68 Å². The number of para-hydroxylation sites is 1. The lowest BCUT2D eigenvalue weighted by Gasteiger charge is -2.18. The van der Waals surface area contributed by atoms with Crippen LogP contribution in [0.3, 0.4) is 0 Å². The van der Waals surface area contributed by atoms with E-state index in [9.17, 15) is 18.0 Å². The molecular formula is C19H22F3N5O. The Labute approximate surface area is 160 Å². The first-order valence-corrected chi connectivity index (χ1v) is 9.42. The van der Waals surface area contributed by atoms with Crippen LogP contribution in [0.5, 0.6) is 0 Å². The molecule has 150 valence electrons. The highest BCUT2D eigenvalue weighted by Gasteiger charge is 2.35. The molecule has 2 aromatic rings. The van der Waals surface area contributed by atoms with Crippen LogP contribution in [0.25, 0.3) is 5.69 Å². The van der Waals surface area contributed by atoms with Gasteiger partial charge in [-0.1, -0.05) is 18.2 Å². The molecule has 1 saturated heterocycles. The summed E-state index contributed by atoms with van der Waals surface area (Å²) >= 11 is 0. The van der Waals surface area contributed by atoms with Crippen molar-refractivity contribution in [1.29, 1.82) is 0 Å². The van der Waals surface area contributed by atoms with Crippen LogP contribution in [0, 0.1) is 0 Å². The molecule has 0 bridgehead atoms. The molecule has 0 saturated carbocycles.